The fourth-order valence-corrected chi connectivity index (χ4v) is 0.497. The van der Waals surface area contributed by atoms with Crippen LogP contribution < -0.4 is 5.43 Å². The minimum atomic E-state index is -3.08. The van der Waals surface area contributed by atoms with Crippen molar-refractivity contribution in [3.05, 3.63) is 0 Å². The van der Waals surface area contributed by atoms with Crippen LogP contribution in [0.1, 0.15) is 6.92 Å². The van der Waals surface area contributed by atoms with Crippen LogP contribution in [0.15, 0.2) is 5.10 Å². The minimum absolute atomic E-state index is 0.102. The van der Waals surface area contributed by atoms with E-state index in [-0.39, 0.29) is 5.04 Å². The highest BCUT2D eigenvalue weighted by Crippen LogP contribution is 1.85. The molecule has 54 valence electrons. The third kappa shape index (κ3) is 3.07. The molecule has 5 heteroatoms. The lowest BCUT2D eigenvalue weighted by Crippen LogP contribution is -2.12. The van der Waals surface area contributed by atoms with Crippen LogP contribution in [0.4, 0.5) is 0 Å². The van der Waals surface area contributed by atoms with Gasteiger partial charge in [0.2, 0.25) is 0 Å². The summed E-state index contributed by atoms with van der Waals surface area (Å²) in [5.74, 6) is 0. The first kappa shape index (κ1) is 8.42. The fraction of sp³-hybridized carbons (Fsp3) is 0.750. The van der Waals surface area contributed by atoms with Crippen molar-refractivity contribution in [2.45, 2.75) is 6.92 Å². The van der Waals surface area contributed by atoms with Gasteiger partial charge in [0.25, 0.3) is 0 Å². The number of hydrogen-bond acceptors (Lipinski definition) is 4. The predicted molar refractivity (Wildman–Crippen MR) is 37.0 cm³/mol. The molecule has 0 rings (SSSR count). The summed E-state index contributed by atoms with van der Waals surface area (Å²) in [5.41, 5.74) is 2.38. The van der Waals surface area contributed by atoms with Crippen LogP contribution in [0.2, 0.25) is 0 Å². The van der Waals surface area contributed by atoms with Gasteiger partial charge in [-0.1, -0.05) is 0 Å². The molecule has 4 nitrogen and oxygen atoms in total. The molecular formula is C4H10N2O2S. The van der Waals surface area contributed by atoms with E-state index >= 15 is 0 Å². The van der Waals surface area contributed by atoms with Crippen molar-refractivity contribution in [3.63, 3.8) is 0 Å². The highest BCUT2D eigenvalue weighted by atomic mass is 32.2. The van der Waals surface area contributed by atoms with E-state index < -0.39 is 9.84 Å². The predicted octanol–water partition coefficient (Wildman–Crippen LogP) is -0.416. The van der Waals surface area contributed by atoms with Crippen molar-refractivity contribution in [1.29, 1.82) is 0 Å². The van der Waals surface area contributed by atoms with Crippen molar-refractivity contribution in [3.8, 4) is 0 Å². The Morgan fingerprint density at radius 3 is 2.11 bits per heavy atom. The maximum Gasteiger partial charge on any atom is 0.190 e. The topological polar surface area (TPSA) is 58.5 Å². The molecule has 0 bridgehead atoms. The lowest BCUT2D eigenvalue weighted by Gasteiger charge is -1.93. The molecule has 0 aliphatic rings. The summed E-state index contributed by atoms with van der Waals surface area (Å²) in [6.07, 6.45) is 1.11. The van der Waals surface area contributed by atoms with Crippen LogP contribution in [0.5, 0.6) is 0 Å². The van der Waals surface area contributed by atoms with Crippen molar-refractivity contribution in [1.82, 2.24) is 5.43 Å². The molecule has 0 aromatic heterocycles. The third-order valence-corrected chi connectivity index (χ3v) is 1.97. The Labute approximate surface area is 54.9 Å². The van der Waals surface area contributed by atoms with E-state index in [4.69, 9.17) is 0 Å². The Morgan fingerprint density at radius 2 is 2.00 bits per heavy atom. The Morgan fingerprint density at radius 1 is 1.56 bits per heavy atom. The first-order valence-electron chi connectivity index (χ1n) is 2.39. The second-order valence-electron chi connectivity index (χ2n) is 1.63. The Bertz CT molecular complexity index is 205. The second kappa shape index (κ2) is 2.82. The molecule has 0 atom stereocenters. The van der Waals surface area contributed by atoms with E-state index in [0.29, 0.717) is 0 Å². The molecule has 0 aromatic rings. The maximum atomic E-state index is 10.6. The highest BCUT2D eigenvalue weighted by Gasteiger charge is 2.04. The monoisotopic (exact) mass is 150 g/mol. The SMILES string of the molecule is CN/N=C(\C)S(C)(=O)=O. The lowest BCUT2D eigenvalue weighted by atomic mass is 10.9. The van der Waals surface area contributed by atoms with Crippen molar-refractivity contribution >= 4 is 14.9 Å². The van der Waals surface area contributed by atoms with Gasteiger partial charge in [0.1, 0.15) is 5.04 Å². The van der Waals surface area contributed by atoms with Gasteiger partial charge < -0.3 is 5.43 Å². The van der Waals surface area contributed by atoms with E-state index in [1.807, 2.05) is 0 Å². The van der Waals surface area contributed by atoms with Crippen molar-refractivity contribution in [2.24, 2.45) is 5.10 Å². The summed E-state index contributed by atoms with van der Waals surface area (Å²) in [6, 6.07) is 0. The molecule has 0 saturated carbocycles. The van der Waals surface area contributed by atoms with E-state index in [2.05, 4.69) is 10.5 Å². The number of rotatable bonds is 1. The summed E-state index contributed by atoms with van der Waals surface area (Å²) in [4.78, 5) is 0. The quantitative estimate of drug-likeness (QED) is 0.314. The molecule has 0 radical (unpaired) electrons. The molecule has 0 fully saturated rings. The lowest BCUT2D eigenvalue weighted by molar-refractivity contribution is 0.612. The van der Waals surface area contributed by atoms with Gasteiger partial charge in [0.05, 0.1) is 0 Å². The minimum Gasteiger partial charge on any atom is -0.312 e. The van der Waals surface area contributed by atoms with Crippen molar-refractivity contribution in [2.75, 3.05) is 13.3 Å². The molecule has 1 N–H and O–H groups in total. The Hall–Kier alpha value is -0.580. The standard InChI is InChI=1S/C4H10N2O2S/c1-4(6-5-2)9(3,7)8/h5H,1-3H3/b6-4+. The highest BCUT2D eigenvalue weighted by molar-refractivity contribution is 8.05. The summed E-state index contributed by atoms with van der Waals surface area (Å²) >= 11 is 0. The summed E-state index contributed by atoms with van der Waals surface area (Å²) in [5, 5.41) is 3.58. The summed E-state index contributed by atoms with van der Waals surface area (Å²) in [7, 11) is -1.53. The number of nitrogens with one attached hydrogen (secondary N) is 1. The molecular weight excluding hydrogens is 140 g/mol. The van der Waals surface area contributed by atoms with E-state index in [0.717, 1.165) is 6.26 Å². The number of nitrogens with zero attached hydrogens (tertiary/aromatic N) is 1. The zero-order valence-electron chi connectivity index (χ0n) is 5.67. The van der Waals surface area contributed by atoms with Gasteiger partial charge in [0.15, 0.2) is 9.84 Å². The van der Waals surface area contributed by atoms with Gasteiger partial charge in [-0.3, -0.25) is 0 Å². The van der Waals surface area contributed by atoms with E-state index in [1.165, 1.54) is 6.92 Å². The zero-order chi connectivity index (χ0) is 7.49. The van der Waals surface area contributed by atoms with Gasteiger partial charge >= 0.3 is 0 Å². The molecule has 0 saturated heterocycles. The third-order valence-electron chi connectivity index (χ3n) is 0.806. The van der Waals surface area contributed by atoms with Crippen LogP contribution in [-0.2, 0) is 9.84 Å². The van der Waals surface area contributed by atoms with Crippen LogP contribution >= 0.6 is 0 Å². The smallest absolute Gasteiger partial charge is 0.190 e. The van der Waals surface area contributed by atoms with Crippen LogP contribution in [0, 0.1) is 0 Å². The van der Waals surface area contributed by atoms with E-state index in [1.54, 1.807) is 7.05 Å². The van der Waals surface area contributed by atoms with Crippen LogP contribution in [0.25, 0.3) is 0 Å². The van der Waals surface area contributed by atoms with Crippen molar-refractivity contribution < 1.29 is 8.42 Å². The second-order valence-corrected chi connectivity index (χ2v) is 3.76. The molecule has 0 spiro atoms. The van der Waals surface area contributed by atoms with Gasteiger partial charge in [-0.2, -0.15) is 5.10 Å². The van der Waals surface area contributed by atoms with Gasteiger partial charge in [-0.25, -0.2) is 8.42 Å². The average molecular weight is 150 g/mol. The summed E-state index contributed by atoms with van der Waals surface area (Å²) in [6.45, 7) is 1.44. The average Bonchev–Trinajstić information content (AvgIpc) is 1.64. The first-order chi connectivity index (χ1) is 3.98. The first-order valence-corrected chi connectivity index (χ1v) is 4.28. The summed E-state index contributed by atoms with van der Waals surface area (Å²) < 4.78 is 21.1. The Balaban J connectivity index is 4.41. The molecule has 0 amide bonds. The maximum absolute atomic E-state index is 10.6. The Kier molecular flexibility index (Phi) is 2.64. The van der Waals surface area contributed by atoms with Gasteiger partial charge in [-0.15, -0.1) is 0 Å². The largest absolute Gasteiger partial charge is 0.312 e. The normalized spacial score (nSPS) is 13.4. The number of hydrazone groups is 1. The zero-order valence-corrected chi connectivity index (χ0v) is 6.49. The molecule has 9 heavy (non-hydrogen) atoms. The van der Waals surface area contributed by atoms with Gasteiger partial charge in [0, 0.05) is 13.3 Å². The van der Waals surface area contributed by atoms with Crippen LogP contribution in [-0.4, -0.2) is 26.8 Å². The molecule has 0 aliphatic heterocycles. The number of sulfone groups is 1. The molecule has 0 heterocycles. The molecule has 0 aliphatic carbocycles. The molecule has 0 unspecified atom stereocenters. The fourth-order valence-electron chi connectivity index (χ4n) is 0.240. The van der Waals surface area contributed by atoms with Crippen LogP contribution in [0.3, 0.4) is 0 Å². The molecule has 0 aromatic carbocycles. The number of hydrogen-bond donors (Lipinski definition) is 1. The van der Waals surface area contributed by atoms with Gasteiger partial charge in [-0.05, 0) is 6.92 Å². The van der Waals surface area contributed by atoms with E-state index in [9.17, 15) is 8.42 Å².